The van der Waals surface area contributed by atoms with Gasteiger partial charge in [-0.25, -0.2) is 0 Å². The van der Waals surface area contributed by atoms with E-state index in [1.165, 1.54) is 0 Å². The molecule has 2 aromatic rings. The minimum atomic E-state index is -0.551. The molecule has 7 heteroatoms. The van der Waals surface area contributed by atoms with Crippen LogP contribution < -0.4 is 14.8 Å². The summed E-state index contributed by atoms with van der Waals surface area (Å²) in [6.45, 7) is 11.0. The summed E-state index contributed by atoms with van der Waals surface area (Å²) in [6.07, 6.45) is 1.33. The van der Waals surface area contributed by atoms with Gasteiger partial charge in [-0.05, 0) is 75.9 Å². The van der Waals surface area contributed by atoms with Crippen molar-refractivity contribution in [3.8, 4) is 11.5 Å². The van der Waals surface area contributed by atoms with E-state index < -0.39 is 6.04 Å². The third-order valence-electron chi connectivity index (χ3n) is 5.32. The Morgan fingerprint density at radius 3 is 2.15 bits per heavy atom. The largest absolute Gasteiger partial charge is 0.490 e. The molecule has 0 unspecified atom stereocenters. The molecular formula is C27H37ClN2O4. The highest BCUT2D eigenvalue weighted by Gasteiger charge is 2.28. The molecule has 0 saturated heterocycles. The Bertz CT molecular complexity index is 931. The van der Waals surface area contributed by atoms with Crippen LogP contribution in [0.25, 0.3) is 0 Å². The second kappa shape index (κ2) is 13.9. The van der Waals surface area contributed by atoms with E-state index in [4.69, 9.17) is 21.1 Å². The number of nitrogens with zero attached hydrogens (tertiary/aromatic N) is 1. The Labute approximate surface area is 208 Å². The molecule has 0 aliphatic carbocycles. The van der Waals surface area contributed by atoms with E-state index in [-0.39, 0.29) is 24.3 Å². The lowest BCUT2D eigenvalue weighted by Crippen LogP contribution is -2.50. The fourth-order valence-electron chi connectivity index (χ4n) is 3.73. The molecule has 34 heavy (non-hydrogen) atoms. The summed E-state index contributed by atoms with van der Waals surface area (Å²) in [5, 5.41) is 3.58. The molecule has 2 rings (SSSR count). The van der Waals surface area contributed by atoms with Crippen LogP contribution in [0.2, 0.25) is 5.02 Å². The van der Waals surface area contributed by atoms with Gasteiger partial charge < -0.3 is 19.7 Å². The zero-order valence-corrected chi connectivity index (χ0v) is 21.7. The van der Waals surface area contributed by atoms with Crippen molar-refractivity contribution in [1.82, 2.24) is 10.2 Å². The average Bonchev–Trinajstić information content (AvgIpc) is 2.80. The molecule has 1 N–H and O–H groups in total. The molecule has 0 spiro atoms. The standard InChI is InChI=1S/C27H37ClN2O4/c1-6-23(27(32)29-19(4)5)30(18-21-9-13-22(28)14-10-21)26(31)16-12-20-11-15-24(33-7-2)25(17-20)34-8-3/h9-11,13-15,17,19,23H,6-8,12,16,18H2,1-5H3,(H,29,32)/t23-/m0/s1. The number of nitrogens with one attached hydrogen (secondary N) is 1. The first-order valence-corrected chi connectivity index (χ1v) is 12.4. The molecule has 0 bridgehead atoms. The summed E-state index contributed by atoms with van der Waals surface area (Å²) in [5.41, 5.74) is 1.90. The smallest absolute Gasteiger partial charge is 0.243 e. The summed E-state index contributed by atoms with van der Waals surface area (Å²) < 4.78 is 11.3. The zero-order valence-electron chi connectivity index (χ0n) is 20.9. The van der Waals surface area contributed by atoms with Gasteiger partial charge in [-0.3, -0.25) is 9.59 Å². The van der Waals surface area contributed by atoms with Crippen molar-refractivity contribution in [1.29, 1.82) is 0 Å². The van der Waals surface area contributed by atoms with Crippen molar-refractivity contribution in [2.75, 3.05) is 13.2 Å². The van der Waals surface area contributed by atoms with Crippen LogP contribution in [0.1, 0.15) is 58.6 Å². The van der Waals surface area contributed by atoms with E-state index >= 15 is 0 Å². The number of halogens is 1. The molecular weight excluding hydrogens is 452 g/mol. The van der Waals surface area contributed by atoms with E-state index in [9.17, 15) is 9.59 Å². The topological polar surface area (TPSA) is 67.9 Å². The molecule has 2 amide bonds. The Morgan fingerprint density at radius 2 is 1.56 bits per heavy atom. The van der Waals surface area contributed by atoms with Gasteiger partial charge in [0.1, 0.15) is 6.04 Å². The van der Waals surface area contributed by atoms with E-state index in [0.29, 0.717) is 49.1 Å². The fraction of sp³-hybridized carbons (Fsp3) is 0.481. The minimum absolute atomic E-state index is 0.00475. The maximum absolute atomic E-state index is 13.4. The lowest BCUT2D eigenvalue weighted by molar-refractivity contribution is -0.141. The highest BCUT2D eigenvalue weighted by atomic mass is 35.5. The summed E-state index contributed by atoms with van der Waals surface area (Å²) >= 11 is 6.03. The minimum Gasteiger partial charge on any atom is -0.490 e. The second-order valence-corrected chi connectivity index (χ2v) is 8.82. The van der Waals surface area contributed by atoms with Crippen LogP contribution >= 0.6 is 11.6 Å². The maximum atomic E-state index is 13.4. The molecule has 0 saturated carbocycles. The molecule has 0 fully saturated rings. The van der Waals surface area contributed by atoms with Gasteiger partial charge in [-0.15, -0.1) is 0 Å². The predicted molar refractivity (Wildman–Crippen MR) is 136 cm³/mol. The summed E-state index contributed by atoms with van der Waals surface area (Å²) in [4.78, 5) is 28.0. The first kappa shape index (κ1) is 27.5. The van der Waals surface area contributed by atoms with Crippen LogP contribution in [0, 0.1) is 0 Å². The van der Waals surface area contributed by atoms with Gasteiger partial charge >= 0.3 is 0 Å². The number of hydrogen-bond donors (Lipinski definition) is 1. The highest BCUT2D eigenvalue weighted by molar-refractivity contribution is 6.30. The van der Waals surface area contributed by atoms with Crippen molar-refractivity contribution in [2.24, 2.45) is 0 Å². The maximum Gasteiger partial charge on any atom is 0.243 e. The number of benzene rings is 2. The Hall–Kier alpha value is -2.73. The van der Waals surface area contributed by atoms with E-state index in [2.05, 4.69) is 5.32 Å². The van der Waals surface area contributed by atoms with Gasteiger partial charge in [0.25, 0.3) is 0 Å². The third-order valence-corrected chi connectivity index (χ3v) is 5.57. The van der Waals surface area contributed by atoms with Gasteiger partial charge in [0.05, 0.1) is 13.2 Å². The number of rotatable bonds is 13. The molecule has 0 heterocycles. The third kappa shape index (κ3) is 8.24. The van der Waals surface area contributed by atoms with E-state index in [1.54, 1.807) is 17.0 Å². The summed E-state index contributed by atoms with van der Waals surface area (Å²) in [6, 6.07) is 12.6. The quantitative estimate of drug-likeness (QED) is 0.409. The lowest BCUT2D eigenvalue weighted by Gasteiger charge is -2.31. The molecule has 0 radical (unpaired) electrons. The van der Waals surface area contributed by atoms with Gasteiger partial charge in [0.15, 0.2) is 11.5 Å². The first-order valence-electron chi connectivity index (χ1n) is 12.0. The SMILES string of the molecule is CCOc1ccc(CCC(=O)N(Cc2ccc(Cl)cc2)[C@@H](CC)C(=O)NC(C)C)cc1OCC. The molecule has 186 valence electrons. The van der Waals surface area contributed by atoms with Crippen molar-refractivity contribution in [3.05, 3.63) is 58.6 Å². The normalized spacial score (nSPS) is 11.7. The predicted octanol–water partition coefficient (Wildman–Crippen LogP) is 5.40. The molecule has 2 aromatic carbocycles. The number of aryl methyl sites for hydroxylation is 1. The van der Waals surface area contributed by atoms with E-state index in [1.807, 2.05) is 65.0 Å². The number of hydrogen-bond acceptors (Lipinski definition) is 4. The van der Waals surface area contributed by atoms with Crippen molar-refractivity contribution >= 4 is 23.4 Å². The highest BCUT2D eigenvalue weighted by Crippen LogP contribution is 2.29. The molecule has 0 aromatic heterocycles. The average molecular weight is 489 g/mol. The number of carbonyl (C=O) groups excluding carboxylic acids is 2. The number of carbonyl (C=O) groups is 2. The Balaban J connectivity index is 2.22. The second-order valence-electron chi connectivity index (χ2n) is 8.38. The van der Waals surface area contributed by atoms with Crippen molar-refractivity contribution in [2.45, 2.75) is 72.5 Å². The molecule has 0 aliphatic heterocycles. The van der Waals surface area contributed by atoms with Gasteiger partial charge in [-0.1, -0.05) is 36.7 Å². The van der Waals surface area contributed by atoms with Crippen LogP contribution in [-0.2, 0) is 22.6 Å². The van der Waals surface area contributed by atoms with Gasteiger partial charge in [0.2, 0.25) is 11.8 Å². The van der Waals surface area contributed by atoms with Crippen LogP contribution in [0.5, 0.6) is 11.5 Å². The fourth-order valence-corrected chi connectivity index (χ4v) is 3.86. The molecule has 1 atom stereocenters. The van der Waals surface area contributed by atoms with E-state index in [0.717, 1.165) is 11.1 Å². The van der Waals surface area contributed by atoms with Crippen molar-refractivity contribution in [3.63, 3.8) is 0 Å². The van der Waals surface area contributed by atoms with Crippen LogP contribution in [0.15, 0.2) is 42.5 Å². The summed E-state index contributed by atoms with van der Waals surface area (Å²) in [7, 11) is 0. The Kier molecular flexibility index (Phi) is 11.2. The monoisotopic (exact) mass is 488 g/mol. The Morgan fingerprint density at radius 1 is 0.941 bits per heavy atom. The lowest BCUT2D eigenvalue weighted by atomic mass is 10.1. The van der Waals surface area contributed by atoms with Crippen LogP contribution in [0.3, 0.4) is 0 Å². The number of ether oxygens (including phenoxy) is 2. The van der Waals surface area contributed by atoms with Crippen LogP contribution in [-0.4, -0.2) is 42.0 Å². The van der Waals surface area contributed by atoms with Gasteiger partial charge in [-0.2, -0.15) is 0 Å². The van der Waals surface area contributed by atoms with Gasteiger partial charge in [0, 0.05) is 24.0 Å². The van der Waals surface area contributed by atoms with Crippen LogP contribution in [0.4, 0.5) is 0 Å². The first-order chi connectivity index (χ1) is 16.3. The van der Waals surface area contributed by atoms with Crippen molar-refractivity contribution < 1.29 is 19.1 Å². The zero-order chi connectivity index (χ0) is 25.1. The summed E-state index contributed by atoms with van der Waals surface area (Å²) in [5.74, 6) is 1.15. The molecule has 0 aliphatic rings. The number of amides is 2. The molecule has 6 nitrogen and oxygen atoms in total.